The first-order chi connectivity index (χ1) is 13.7. The van der Waals surface area contributed by atoms with Crippen LogP contribution in [0.25, 0.3) is 6.08 Å². The largest absolute Gasteiger partial charge is 0.500 e. The zero-order valence-electron chi connectivity index (χ0n) is 16.0. The predicted molar refractivity (Wildman–Crippen MR) is 117 cm³/mol. The first kappa shape index (κ1) is 20.8. The standard InChI is InChI=1S/C20H18N2O5S2/c1-4-27-16-9-13(8-15(18(16)23)22(25)26)10-17-19(24)21(20(28)29-17)14-6-5-11(2)12(3)7-14/h5-10,23H,4H2,1-3H3/b17-10+. The normalized spacial score (nSPS) is 15.3. The number of hydrogen-bond acceptors (Lipinski definition) is 7. The van der Waals surface area contributed by atoms with E-state index in [1.807, 2.05) is 32.0 Å². The Labute approximate surface area is 177 Å². The van der Waals surface area contributed by atoms with E-state index in [-0.39, 0.29) is 18.3 Å². The van der Waals surface area contributed by atoms with E-state index in [1.54, 1.807) is 6.92 Å². The second-order valence-electron chi connectivity index (χ2n) is 6.36. The molecule has 29 heavy (non-hydrogen) atoms. The number of aryl methyl sites for hydroxylation is 2. The average molecular weight is 431 g/mol. The highest BCUT2D eigenvalue weighted by Gasteiger charge is 2.33. The summed E-state index contributed by atoms with van der Waals surface area (Å²) in [6.07, 6.45) is 1.51. The number of aromatic hydroxyl groups is 1. The van der Waals surface area contributed by atoms with Gasteiger partial charge in [-0.05, 0) is 61.7 Å². The second-order valence-corrected chi connectivity index (χ2v) is 8.04. The third-order valence-electron chi connectivity index (χ3n) is 4.41. The minimum absolute atomic E-state index is 0.0161. The number of phenolic OH excluding ortho intramolecular Hbond substituents is 1. The van der Waals surface area contributed by atoms with Gasteiger partial charge in [-0.25, -0.2) is 0 Å². The van der Waals surface area contributed by atoms with Crippen LogP contribution in [0.5, 0.6) is 11.5 Å². The molecule has 0 bridgehead atoms. The molecule has 0 unspecified atom stereocenters. The first-order valence-electron chi connectivity index (χ1n) is 8.72. The van der Waals surface area contributed by atoms with Crippen molar-refractivity contribution in [3.05, 3.63) is 62.0 Å². The van der Waals surface area contributed by atoms with E-state index < -0.39 is 16.4 Å². The molecule has 0 radical (unpaired) electrons. The maximum Gasteiger partial charge on any atom is 0.315 e. The monoisotopic (exact) mass is 430 g/mol. The maximum absolute atomic E-state index is 12.9. The van der Waals surface area contributed by atoms with Crippen molar-refractivity contribution < 1.29 is 19.6 Å². The summed E-state index contributed by atoms with van der Waals surface area (Å²) in [5.41, 5.74) is 2.68. The molecule has 3 rings (SSSR count). The van der Waals surface area contributed by atoms with Crippen LogP contribution in [0.3, 0.4) is 0 Å². The van der Waals surface area contributed by atoms with Crippen molar-refractivity contribution in [2.24, 2.45) is 0 Å². The number of thioether (sulfide) groups is 1. The number of phenols is 1. The Kier molecular flexibility index (Phi) is 5.90. The van der Waals surface area contributed by atoms with Crippen LogP contribution in [0.4, 0.5) is 11.4 Å². The molecular weight excluding hydrogens is 412 g/mol. The number of thiocarbonyl (C=S) groups is 1. The van der Waals surface area contributed by atoms with Gasteiger partial charge in [0.1, 0.15) is 0 Å². The third kappa shape index (κ3) is 4.10. The molecule has 0 atom stereocenters. The minimum Gasteiger partial charge on any atom is -0.500 e. The van der Waals surface area contributed by atoms with Crippen molar-refractivity contribution in [1.82, 2.24) is 0 Å². The molecule has 1 heterocycles. The Morgan fingerprint density at radius 3 is 2.62 bits per heavy atom. The number of amides is 1. The van der Waals surface area contributed by atoms with Gasteiger partial charge in [0, 0.05) is 6.07 Å². The molecule has 1 aliphatic heterocycles. The van der Waals surface area contributed by atoms with E-state index in [0.717, 1.165) is 22.9 Å². The predicted octanol–water partition coefficient (Wildman–Crippen LogP) is 4.72. The second kappa shape index (κ2) is 8.22. The summed E-state index contributed by atoms with van der Waals surface area (Å²) in [7, 11) is 0. The van der Waals surface area contributed by atoms with Gasteiger partial charge < -0.3 is 9.84 Å². The van der Waals surface area contributed by atoms with E-state index in [1.165, 1.54) is 23.1 Å². The van der Waals surface area contributed by atoms with Crippen molar-refractivity contribution in [2.75, 3.05) is 11.5 Å². The van der Waals surface area contributed by atoms with E-state index in [9.17, 15) is 20.0 Å². The van der Waals surface area contributed by atoms with E-state index in [2.05, 4.69) is 0 Å². The first-order valence-corrected chi connectivity index (χ1v) is 9.94. The van der Waals surface area contributed by atoms with Crippen LogP contribution in [0, 0.1) is 24.0 Å². The van der Waals surface area contributed by atoms with Gasteiger partial charge in [0.2, 0.25) is 5.75 Å². The van der Waals surface area contributed by atoms with Crippen LogP contribution in [-0.4, -0.2) is 26.9 Å². The molecule has 0 spiro atoms. The zero-order chi connectivity index (χ0) is 21.3. The van der Waals surface area contributed by atoms with E-state index >= 15 is 0 Å². The summed E-state index contributed by atoms with van der Waals surface area (Å²) in [4.78, 5) is 25.3. The molecule has 1 N–H and O–H groups in total. The Morgan fingerprint density at radius 2 is 2.00 bits per heavy atom. The molecule has 2 aromatic carbocycles. The van der Waals surface area contributed by atoms with Gasteiger partial charge in [0.15, 0.2) is 10.1 Å². The van der Waals surface area contributed by atoms with Crippen LogP contribution in [0.1, 0.15) is 23.6 Å². The zero-order valence-corrected chi connectivity index (χ0v) is 17.6. The highest BCUT2D eigenvalue weighted by atomic mass is 32.2. The molecule has 1 amide bonds. The van der Waals surface area contributed by atoms with E-state index in [0.29, 0.717) is 20.5 Å². The van der Waals surface area contributed by atoms with Crippen LogP contribution >= 0.6 is 24.0 Å². The van der Waals surface area contributed by atoms with Gasteiger partial charge >= 0.3 is 5.69 Å². The number of anilines is 1. The molecule has 1 saturated heterocycles. The molecule has 1 aliphatic rings. The maximum atomic E-state index is 12.9. The number of nitrogens with zero attached hydrogens (tertiary/aromatic N) is 2. The smallest absolute Gasteiger partial charge is 0.315 e. The van der Waals surface area contributed by atoms with Crippen LogP contribution in [0.15, 0.2) is 35.2 Å². The summed E-state index contributed by atoms with van der Waals surface area (Å²) in [6.45, 7) is 5.86. The van der Waals surface area contributed by atoms with Gasteiger partial charge in [-0.3, -0.25) is 19.8 Å². The van der Waals surface area contributed by atoms with Crippen LogP contribution in [0.2, 0.25) is 0 Å². The molecule has 1 fully saturated rings. The van der Waals surface area contributed by atoms with Gasteiger partial charge in [0.25, 0.3) is 5.91 Å². The lowest BCUT2D eigenvalue weighted by Crippen LogP contribution is -2.27. The number of hydrogen-bond donors (Lipinski definition) is 1. The summed E-state index contributed by atoms with van der Waals surface area (Å²) < 4.78 is 5.66. The van der Waals surface area contributed by atoms with Crippen molar-refractivity contribution in [2.45, 2.75) is 20.8 Å². The molecule has 0 aliphatic carbocycles. The summed E-state index contributed by atoms with van der Waals surface area (Å²) in [5.74, 6) is -0.869. The Hall–Kier alpha value is -2.91. The van der Waals surface area contributed by atoms with Crippen molar-refractivity contribution in [3.63, 3.8) is 0 Å². The number of ether oxygens (including phenoxy) is 1. The lowest BCUT2D eigenvalue weighted by molar-refractivity contribution is -0.386. The van der Waals surface area contributed by atoms with Gasteiger partial charge in [-0.15, -0.1) is 0 Å². The number of rotatable bonds is 5. The van der Waals surface area contributed by atoms with Crippen LogP contribution in [-0.2, 0) is 4.79 Å². The molecule has 150 valence electrons. The van der Waals surface area contributed by atoms with Crippen LogP contribution < -0.4 is 9.64 Å². The number of nitro benzene ring substituents is 1. The topological polar surface area (TPSA) is 92.9 Å². The fourth-order valence-electron chi connectivity index (χ4n) is 2.81. The van der Waals surface area contributed by atoms with Crippen molar-refractivity contribution >= 4 is 51.7 Å². The van der Waals surface area contributed by atoms with E-state index in [4.69, 9.17) is 17.0 Å². The Bertz CT molecular complexity index is 1070. The quantitative estimate of drug-likeness (QED) is 0.317. The summed E-state index contributed by atoms with van der Waals surface area (Å²) in [6, 6.07) is 8.29. The minimum atomic E-state index is -0.699. The number of carbonyl (C=O) groups is 1. The lowest BCUT2D eigenvalue weighted by Gasteiger charge is -2.15. The number of nitro groups is 1. The average Bonchev–Trinajstić information content (AvgIpc) is 2.93. The molecule has 2 aromatic rings. The van der Waals surface area contributed by atoms with Gasteiger partial charge in [-0.2, -0.15) is 0 Å². The summed E-state index contributed by atoms with van der Waals surface area (Å²) >= 11 is 6.49. The fraction of sp³-hybridized carbons (Fsp3) is 0.200. The van der Waals surface area contributed by atoms with Crippen molar-refractivity contribution in [3.8, 4) is 11.5 Å². The SMILES string of the molecule is CCOc1cc(/C=C2/SC(=S)N(c3ccc(C)c(C)c3)C2=O)cc([N+](=O)[O-])c1O. The molecular formula is C20H18N2O5S2. The third-order valence-corrected chi connectivity index (χ3v) is 5.72. The molecule has 7 nitrogen and oxygen atoms in total. The number of carbonyl (C=O) groups excluding carboxylic acids is 1. The number of benzene rings is 2. The summed E-state index contributed by atoms with van der Waals surface area (Å²) in [5, 5.41) is 21.3. The lowest BCUT2D eigenvalue weighted by atomic mass is 10.1. The molecule has 9 heteroatoms. The van der Waals surface area contributed by atoms with Crippen molar-refractivity contribution in [1.29, 1.82) is 0 Å². The Morgan fingerprint density at radius 1 is 1.28 bits per heavy atom. The van der Waals surface area contributed by atoms with Gasteiger partial charge in [0.05, 0.1) is 22.1 Å². The fourth-order valence-corrected chi connectivity index (χ4v) is 4.11. The Balaban J connectivity index is 2.01. The highest BCUT2D eigenvalue weighted by molar-refractivity contribution is 8.27. The molecule has 0 aromatic heterocycles. The highest BCUT2D eigenvalue weighted by Crippen LogP contribution is 2.40. The molecule has 0 saturated carbocycles. The van der Waals surface area contributed by atoms with Gasteiger partial charge in [-0.1, -0.05) is 30.0 Å².